The van der Waals surface area contributed by atoms with E-state index in [0.29, 0.717) is 30.3 Å². The molecule has 5 heteroatoms. The summed E-state index contributed by atoms with van der Waals surface area (Å²) in [7, 11) is 0. The fourth-order valence-electron chi connectivity index (χ4n) is 4.33. The molecule has 4 nitrogen and oxygen atoms in total. The molecule has 2 fully saturated rings. The highest BCUT2D eigenvalue weighted by Gasteiger charge is 2.33. The van der Waals surface area contributed by atoms with Gasteiger partial charge in [-0.2, -0.15) is 0 Å². The Kier molecular flexibility index (Phi) is 5.12. The van der Waals surface area contributed by atoms with Crippen molar-refractivity contribution >= 4 is 11.8 Å². The highest BCUT2D eigenvalue weighted by atomic mass is 19.1. The van der Waals surface area contributed by atoms with Crippen molar-refractivity contribution in [2.75, 3.05) is 11.9 Å². The Bertz CT molecular complexity index is 827. The minimum absolute atomic E-state index is 0.392. The molecule has 2 saturated heterocycles. The van der Waals surface area contributed by atoms with Crippen molar-refractivity contribution in [1.82, 2.24) is 5.32 Å². The number of carbonyl (C=O) groups excluding carboxylic acids is 1. The van der Waals surface area contributed by atoms with Crippen LogP contribution in [0.25, 0.3) is 11.1 Å². The Morgan fingerprint density at radius 2 is 1.96 bits per heavy atom. The first-order chi connectivity index (χ1) is 13.1. The molecule has 0 aromatic heterocycles. The van der Waals surface area contributed by atoms with Gasteiger partial charge in [-0.25, -0.2) is 9.18 Å². The molecule has 2 aromatic rings. The maximum atomic E-state index is 13.8. The largest absolute Gasteiger partial charge is 0.449 e. The maximum absolute atomic E-state index is 13.8. The monoisotopic (exact) mass is 368 g/mol. The first-order valence-corrected chi connectivity index (χ1v) is 9.63. The van der Waals surface area contributed by atoms with Crippen molar-refractivity contribution in [3.8, 4) is 11.1 Å². The predicted molar refractivity (Wildman–Crippen MR) is 104 cm³/mol. The van der Waals surface area contributed by atoms with Crippen LogP contribution in [0.5, 0.6) is 0 Å². The quantitative estimate of drug-likeness (QED) is 0.809. The van der Waals surface area contributed by atoms with E-state index in [1.165, 1.54) is 25.0 Å². The van der Waals surface area contributed by atoms with Crippen LogP contribution < -0.4 is 10.6 Å². The van der Waals surface area contributed by atoms with Gasteiger partial charge in [-0.05, 0) is 62.3 Å². The number of hydrogen-bond donors (Lipinski definition) is 2. The molecular weight excluding hydrogens is 343 g/mol. The van der Waals surface area contributed by atoms with E-state index in [9.17, 15) is 9.18 Å². The molecule has 0 radical (unpaired) electrons. The van der Waals surface area contributed by atoms with E-state index < -0.39 is 11.9 Å². The third kappa shape index (κ3) is 4.30. The van der Waals surface area contributed by atoms with Gasteiger partial charge in [0.15, 0.2) is 0 Å². The van der Waals surface area contributed by atoms with Crippen molar-refractivity contribution in [2.45, 2.75) is 44.7 Å². The van der Waals surface area contributed by atoms with E-state index in [0.717, 1.165) is 29.5 Å². The number of rotatable bonds is 4. The van der Waals surface area contributed by atoms with Crippen LogP contribution in [-0.4, -0.2) is 24.8 Å². The van der Waals surface area contributed by atoms with Crippen molar-refractivity contribution in [3.63, 3.8) is 0 Å². The van der Waals surface area contributed by atoms with Gasteiger partial charge < -0.3 is 10.1 Å². The first kappa shape index (κ1) is 18.0. The lowest BCUT2D eigenvalue weighted by Crippen LogP contribution is -2.39. The smallest absolute Gasteiger partial charge is 0.411 e. The summed E-state index contributed by atoms with van der Waals surface area (Å²) >= 11 is 0. The van der Waals surface area contributed by atoms with Crippen molar-refractivity contribution in [3.05, 3.63) is 53.8 Å². The van der Waals surface area contributed by atoms with Crippen LogP contribution >= 0.6 is 0 Å². The Morgan fingerprint density at radius 1 is 1.19 bits per heavy atom. The molecule has 2 heterocycles. The van der Waals surface area contributed by atoms with Crippen molar-refractivity contribution in [2.24, 2.45) is 5.92 Å². The van der Waals surface area contributed by atoms with Crippen LogP contribution in [0.1, 0.15) is 31.2 Å². The van der Waals surface area contributed by atoms with E-state index in [1.807, 2.05) is 31.2 Å². The van der Waals surface area contributed by atoms with Crippen LogP contribution in [0, 0.1) is 18.7 Å². The highest BCUT2D eigenvalue weighted by molar-refractivity contribution is 5.91. The fraction of sp³-hybridized carbons (Fsp3) is 0.409. The number of nitrogens with one attached hydrogen (secondary N) is 2. The zero-order chi connectivity index (χ0) is 18.8. The minimum atomic E-state index is -0.527. The average Bonchev–Trinajstić information content (AvgIpc) is 2.98. The van der Waals surface area contributed by atoms with Gasteiger partial charge >= 0.3 is 6.09 Å². The van der Waals surface area contributed by atoms with Crippen LogP contribution in [0.15, 0.2) is 42.5 Å². The number of halogens is 1. The summed E-state index contributed by atoms with van der Waals surface area (Å²) in [6.45, 7) is 2.41. The molecule has 142 valence electrons. The summed E-state index contributed by atoms with van der Waals surface area (Å²) in [6, 6.07) is 13.5. The Hall–Kier alpha value is -2.40. The molecule has 2 unspecified atom stereocenters. The number of carbonyl (C=O) groups is 1. The van der Waals surface area contributed by atoms with Crippen molar-refractivity contribution in [1.29, 1.82) is 0 Å². The van der Waals surface area contributed by atoms with Gasteiger partial charge in [0, 0.05) is 17.6 Å². The number of amides is 1. The Morgan fingerprint density at radius 3 is 2.70 bits per heavy atom. The van der Waals surface area contributed by atoms with Crippen LogP contribution in [0.2, 0.25) is 0 Å². The first-order valence-electron chi connectivity index (χ1n) is 9.63. The van der Waals surface area contributed by atoms with E-state index in [-0.39, 0.29) is 0 Å². The lowest BCUT2D eigenvalue weighted by Gasteiger charge is -2.28. The van der Waals surface area contributed by atoms with E-state index in [1.54, 1.807) is 6.07 Å². The van der Waals surface area contributed by atoms with E-state index in [4.69, 9.17) is 4.74 Å². The second-order valence-corrected chi connectivity index (χ2v) is 7.76. The van der Waals surface area contributed by atoms with Gasteiger partial charge in [0.1, 0.15) is 5.82 Å². The zero-order valence-electron chi connectivity index (χ0n) is 15.5. The predicted octanol–water partition coefficient (Wildman–Crippen LogP) is 4.88. The maximum Gasteiger partial charge on any atom is 0.411 e. The van der Waals surface area contributed by atoms with Gasteiger partial charge in [0.25, 0.3) is 0 Å². The second kappa shape index (κ2) is 7.69. The molecule has 1 amide bonds. The van der Waals surface area contributed by atoms with Gasteiger partial charge in [0.2, 0.25) is 0 Å². The molecule has 2 aromatic carbocycles. The number of ether oxygens (including phenoxy) is 1. The third-order valence-corrected chi connectivity index (χ3v) is 5.57. The summed E-state index contributed by atoms with van der Waals surface area (Å²) in [5.41, 5.74) is 3.24. The highest BCUT2D eigenvalue weighted by Crippen LogP contribution is 2.32. The topological polar surface area (TPSA) is 50.4 Å². The molecular formula is C22H25FN2O2. The van der Waals surface area contributed by atoms with Crippen LogP contribution in [0.3, 0.4) is 0 Å². The molecule has 2 bridgehead atoms. The fourth-order valence-corrected chi connectivity index (χ4v) is 4.33. The van der Waals surface area contributed by atoms with E-state index in [2.05, 4.69) is 10.6 Å². The summed E-state index contributed by atoms with van der Waals surface area (Å²) in [4.78, 5) is 12.3. The normalized spacial score (nSPS) is 23.9. The number of piperidine rings is 1. The third-order valence-electron chi connectivity index (χ3n) is 5.57. The molecule has 27 heavy (non-hydrogen) atoms. The number of hydrogen-bond acceptors (Lipinski definition) is 3. The molecule has 2 N–H and O–H groups in total. The number of benzene rings is 2. The molecule has 0 saturated carbocycles. The van der Waals surface area contributed by atoms with Gasteiger partial charge in [-0.15, -0.1) is 0 Å². The zero-order valence-corrected chi connectivity index (χ0v) is 15.5. The molecule has 4 rings (SSSR count). The summed E-state index contributed by atoms with van der Waals surface area (Å²) in [5.74, 6) is 0.00915. The Labute approximate surface area is 159 Å². The number of aryl methyl sites for hydroxylation is 1. The van der Waals surface area contributed by atoms with Gasteiger partial charge in [-0.3, -0.25) is 5.32 Å². The van der Waals surface area contributed by atoms with Gasteiger partial charge in [0.05, 0.1) is 12.3 Å². The molecule has 0 spiro atoms. The number of anilines is 1. The standard InChI is InChI=1S/C22H25FN2O2/c1-14-3-2-4-16(9-14)20-8-5-17(23)12-21(20)25-22(26)27-13-15-10-18-6-7-19(11-15)24-18/h2-5,8-9,12,15,18-19,24H,6-7,10-11,13H2,1H3,(H,25,26). The lowest BCUT2D eigenvalue weighted by atomic mass is 9.93. The molecule has 2 aliphatic rings. The van der Waals surface area contributed by atoms with Crippen LogP contribution in [-0.2, 0) is 4.74 Å². The SMILES string of the molecule is Cc1cccc(-c2ccc(F)cc2NC(=O)OCC2CC3CCC(C2)N3)c1. The summed E-state index contributed by atoms with van der Waals surface area (Å²) in [5, 5.41) is 6.32. The van der Waals surface area contributed by atoms with Crippen LogP contribution in [0.4, 0.5) is 14.9 Å². The summed E-state index contributed by atoms with van der Waals surface area (Å²) < 4.78 is 19.2. The lowest BCUT2D eigenvalue weighted by molar-refractivity contribution is 0.122. The van der Waals surface area contributed by atoms with Crippen molar-refractivity contribution < 1.29 is 13.9 Å². The molecule has 0 aliphatic carbocycles. The molecule has 2 atom stereocenters. The van der Waals surface area contributed by atoms with Gasteiger partial charge in [-0.1, -0.05) is 29.8 Å². The molecule has 2 aliphatic heterocycles. The average molecular weight is 368 g/mol. The Balaban J connectivity index is 1.42. The number of fused-ring (bicyclic) bond motifs is 2. The van der Waals surface area contributed by atoms with E-state index >= 15 is 0 Å². The summed E-state index contributed by atoms with van der Waals surface area (Å²) in [6.07, 6.45) is 4.02. The second-order valence-electron chi connectivity index (χ2n) is 7.76. The minimum Gasteiger partial charge on any atom is -0.449 e.